The molecular formula is C20H17N5O2. The van der Waals surface area contributed by atoms with E-state index >= 15 is 0 Å². The Morgan fingerprint density at radius 3 is 2.52 bits per heavy atom. The Bertz CT molecular complexity index is 1200. The van der Waals surface area contributed by atoms with Crippen LogP contribution in [0.1, 0.15) is 16.7 Å². The quantitative estimate of drug-likeness (QED) is 0.570. The third-order valence-corrected chi connectivity index (χ3v) is 4.32. The number of aromatic hydroxyl groups is 1. The molecule has 2 aromatic heterocycles. The van der Waals surface area contributed by atoms with Crippen molar-refractivity contribution in [2.45, 2.75) is 13.8 Å². The van der Waals surface area contributed by atoms with Crippen LogP contribution in [0.4, 0.5) is 0 Å². The minimum Gasteiger partial charge on any atom is -0.507 e. The Morgan fingerprint density at radius 1 is 1.11 bits per heavy atom. The molecule has 2 heterocycles. The molecule has 7 heteroatoms. The molecule has 7 nitrogen and oxygen atoms in total. The molecule has 0 aliphatic carbocycles. The van der Waals surface area contributed by atoms with Crippen LogP contribution < -0.4 is 5.56 Å². The average Bonchev–Trinajstić information content (AvgIpc) is 3.11. The summed E-state index contributed by atoms with van der Waals surface area (Å²) in [5.41, 5.74) is 3.30. The summed E-state index contributed by atoms with van der Waals surface area (Å²) in [6.07, 6.45) is 4.44. The van der Waals surface area contributed by atoms with Gasteiger partial charge in [0.15, 0.2) is 5.65 Å². The van der Waals surface area contributed by atoms with Gasteiger partial charge < -0.3 is 5.11 Å². The maximum Gasteiger partial charge on any atom is 0.285 e. The van der Waals surface area contributed by atoms with Gasteiger partial charge in [0, 0.05) is 0 Å². The molecule has 0 saturated carbocycles. The van der Waals surface area contributed by atoms with E-state index in [9.17, 15) is 9.90 Å². The highest BCUT2D eigenvalue weighted by molar-refractivity contribution is 5.81. The molecule has 0 amide bonds. The largest absolute Gasteiger partial charge is 0.507 e. The van der Waals surface area contributed by atoms with Gasteiger partial charge in [-0.1, -0.05) is 18.2 Å². The summed E-state index contributed by atoms with van der Waals surface area (Å²) in [6, 6.07) is 13.1. The summed E-state index contributed by atoms with van der Waals surface area (Å²) in [4.78, 5) is 17.0. The number of phenolic OH excluding ortho intramolecular Hbond substituents is 1. The predicted molar refractivity (Wildman–Crippen MR) is 104 cm³/mol. The number of hydrogen-bond donors (Lipinski definition) is 1. The maximum absolute atomic E-state index is 12.7. The first-order valence-corrected chi connectivity index (χ1v) is 8.40. The van der Waals surface area contributed by atoms with E-state index in [-0.39, 0.29) is 11.3 Å². The normalized spacial score (nSPS) is 11.5. The third kappa shape index (κ3) is 2.99. The van der Waals surface area contributed by atoms with E-state index in [0.29, 0.717) is 11.0 Å². The van der Waals surface area contributed by atoms with Crippen LogP contribution in [0.5, 0.6) is 5.75 Å². The summed E-state index contributed by atoms with van der Waals surface area (Å²) in [6.45, 7) is 3.63. The Kier molecular flexibility index (Phi) is 4.04. The Hall–Kier alpha value is -3.74. The average molecular weight is 359 g/mol. The molecule has 0 radical (unpaired) electrons. The van der Waals surface area contributed by atoms with E-state index in [0.717, 1.165) is 22.4 Å². The molecule has 0 saturated heterocycles. The number of aryl methyl sites for hydroxylation is 2. The second-order valence-corrected chi connectivity index (χ2v) is 6.27. The van der Waals surface area contributed by atoms with E-state index in [4.69, 9.17) is 0 Å². The number of phenols is 1. The molecule has 1 N–H and O–H groups in total. The monoisotopic (exact) mass is 359 g/mol. The van der Waals surface area contributed by atoms with E-state index in [1.54, 1.807) is 23.0 Å². The van der Waals surface area contributed by atoms with Gasteiger partial charge in [0.05, 0.1) is 18.1 Å². The lowest BCUT2D eigenvalue weighted by Gasteiger charge is -2.05. The van der Waals surface area contributed by atoms with Gasteiger partial charge >= 0.3 is 0 Å². The number of rotatable bonds is 3. The Morgan fingerprint density at radius 2 is 1.81 bits per heavy atom. The highest BCUT2D eigenvalue weighted by atomic mass is 16.3. The molecule has 0 atom stereocenters. The lowest BCUT2D eigenvalue weighted by atomic mass is 10.1. The van der Waals surface area contributed by atoms with E-state index in [2.05, 4.69) is 15.2 Å². The molecule has 0 spiro atoms. The summed E-state index contributed by atoms with van der Waals surface area (Å²) in [7, 11) is 0. The van der Waals surface area contributed by atoms with Crippen LogP contribution in [0.2, 0.25) is 0 Å². The SMILES string of the molecule is Cc1cc(/C=N/n2cnc3c(cnn3-c3ccccc3)c2=O)cc(C)c1O. The third-order valence-electron chi connectivity index (χ3n) is 4.32. The van der Waals surface area contributed by atoms with Crippen molar-refractivity contribution in [2.75, 3.05) is 0 Å². The molecule has 0 aliphatic heterocycles. The van der Waals surface area contributed by atoms with E-state index < -0.39 is 0 Å². The fourth-order valence-electron chi connectivity index (χ4n) is 2.94. The molecule has 4 rings (SSSR count). The smallest absolute Gasteiger partial charge is 0.285 e. The van der Waals surface area contributed by atoms with Crippen molar-refractivity contribution in [1.82, 2.24) is 19.4 Å². The van der Waals surface area contributed by atoms with Gasteiger partial charge in [-0.2, -0.15) is 14.9 Å². The second-order valence-electron chi connectivity index (χ2n) is 6.27. The van der Waals surface area contributed by atoms with Crippen LogP contribution in [0.3, 0.4) is 0 Å². The van der Waals surface area contributed by atoms with Crippen molar-refractivity contribution in [2.24, 2.45) is 5.10 Å². The first-order chi connectivity index (χ1) is 13.0. The minimum absolute atomic E-state index is 0.265. The highest BCUT2D eigenvalue weighted by Gasteiger charge is 2.11. The molecule has 0 unspecified atom stereocenters. The fraction of sp³-hybridized carbons (Fsp3) is 0.100. The topological polar surface area (TPSA) is 85.3 Å². The number of hydrogen-bond acceptors (Lipinski definition) is 5. The highest BCUT2D eigenvalue weighted by Crippen LogP contribution is 2.22. The van der Waals surface area contributed by atoms with Crippen LogP contribution >= 0.6 is 0 Å². The number of benzene rings is 2. The zero-order valence-corrected chi connectivity index (χ0v) is 14.9. The van der Waals surface area contributed by atoms with Gasteiger partial charge in [0.1, 0.15) is 17.5 Å². The van der Waals surface area contributed by atoms with Crippen LogP contribution in [0, 0.1) is 13.8 Å². The number of nitrogens with zero attached hydrogens (tertiary/aromatic N) is 5. The lowest BCUT2D eigenvalue weighted by molar-refractivity contribution is 0.467. The maximum atomic E-state index is 12.7. The predicted octanol–water partition coefficient (Wildman–Crippen LogP) is 2.79. The van der Waals surface area contributed by atoms with E-state index in [1.807, 2.05) is 44.2 Å². The number of para-hydroxylation sites is 1. The van der Waals surface area contributed by atoms with Gasteiger partial charge in [-0.25, -0.2) is 9.67 Å². The lowest BCUT2D eigenvalue weighted by Crippen LogP contribution is -2.17. The van der Waals surface area contributed by atoms with E-state index in [1.165, 1.54) is 17.2 Å². The van der Waals surface area contributed by atoms with Gasteiger partial charge in [-0.05, 0) is 54.8 Å². The molecule has 0 fully saturated rings. The Balaban J connectivity index is 1.74. The summed E-state index contributed by atoms with van der Waals surface area (Å²) < 4.78 is 2.80. The zero-order chi connectivity index (χ0) is 19.0. The number of fused-ring (bicyclic) bond motifs is 1. The van der Waals surface area contributed by atoms with Crippen LogP contribution in [0.15, 0.2) is 64.9 Å². The zero-order valence-electron chi connectivity index (χ0n) is 14.9. The molecule has 2 aromatic carbocycles. The van der Waals surface area contributed by atoms with Crippen molar-refractivity contribution in [3.63, 3.8) is 0 Å². The van der Waals surface area contributed by atoms with Crippen molar-refractivity contribution >= 4 is 17.2 Å². The Labute approximate surface area is 154 Å². The van der Waals surface area contributed by atoms with Crippen molar-refractivity contribution in [3.8, 4) is 11.4 Å². The summed E-state index contributed by atoms with van der Waals surface area (Å²) in [5, 5.41) is 18.7. The first-order valence-electron chi connectivity index (χ1n) is 8.40. The van der Waals surface area contributed by atoms with Gasteiger partial charge in [0.25, 0.3) is 5.56 Å². The molecular weight excluding hydrogens is 342 g/mol. The van der Waals surface area contributed by atoms with Gasteiger partial charge in [-0.15, -0.1) is 0 Å². The van der Waals surface area contributed by atoms with Crippen molar-refractivity contribution in [3.05, 3.63) is 82.0 Å². The van der Waals surface area contributed by atoms with Gasteiger partial charge in [-0.3, -0.25) is 4.79 Å². The fourth-order valence-corrected chi connectivity index (χ4v) is 2.94. The number of aromatic nitrogens is 4. The molecule has 0 bridgehead atoms. The van der Waals surface area contributed by atoms with Crippen LogP contribution in [-0.2, 0) is 0 Å². The summed E-state index contributed by atoms with van der Waals surface area (Å²) >= 11 is 0. The van der Waals surface area contributed by atoms with Crippen molar-refractivity contribution < 1.29 is 5.11 Å². The van der Waals surface area contributed by atoms with Gasteiger partial charge in [0.2, 0.25) is 0 Å². The van der Waals surface area contributed by atoms with Crippen molar-refractivity contribution in [1.29, 1.82) is 0 Å². The summed E-state index contributed by atoms with van der Waals surface area (Å²) in [5.74, 6) is 0.265. The molecule has 134 valence electrons. The molecule has 27 heavy (non-hydrogen) atoms. The van der Waals surface area contributed by atoms with Crippen LogP contribution in [0.25, 0.3) is 16.7 Å². The van der Waals surface area contributed by atoms with Crippen LogP contribution in [-0.4, -0.2) is 30.8 Å². The first kappa shape index (κ1) is 16.7. The molecule has 0 aliphatic rings. The molecule has 4 aromatic rings. The minimum atomic E-state index is -0.300. The standard InChI is InChI=1S/C20H17N5O2/c1-13-8-15(9-14(2)18(13)26)10-22-24-12-21-19-17(20(24)27)11-23-25(19)16-6-4-3-5-7-16/h3-12,26H,1-2H3/b22-10+. The second kappa shape index (κ2) is 6.53.